The predicted octanol–water partition coefficient (Wildman–Crippen LogP) is 0.137. The fourth-order valence-electron chi connectivity index (χ4n) is 0.958. The Morgan fingerprint density at radius 3 is 2.33 bits per heavy atom. The Kier molecular flexibility index (Phi) is 1.89. The van der Waals surface area contributed by atoms with Crippen LogP contribution in [0.15, 0.2) is 0 Å². The number of hydrogen-bond donors (Lipinski definition) is 1. The van der Waals surface area contributed by atoms with Crippen LogP contribution in [0.4, 0.5) is 4.79 Å². The second-order valence-electron chi connectivity index (χ2n) is 2.09. The number of rotatable bonds is 1. The van der Waals surface area contributed by atoms with Crippen molar-refractivity contribution in [1.29, 1.82) is 0 Å². The van der Waals surface area contributed by atoms with Gasteiger partial charge in [0.15, 0.2) is 0 Å². The standard InChI is InChI=1S/C5H9N2O2/c8-5(9)6-7-3-1-2-4-7/h6H,1-4H2. The van der Waals surface area contributed by atoms with Crippen LogP contribution in [-0.2, 0) is 5.11 Å². The van der Waals surface area contributed by atoms with Gasteiger partial charge in [-0.25, -0.2) is 14.9 Å². The van der Waals surface area contributed by atoms with Gasteiger partial charge < -0.3 is 0 Å². The van der Waals surface area contributed by atoms with E-state index < -0.39 is 6.09 Å². The van der Waals surface area contributed by atoms with Gasteiger partial charge in [-0.2, -0.15) is 0 Å². The van der Waals surface area contributed by atoms with Gasteiger partial charge in [0.1, 0.15) is 0 Å². The minimum atomic E-state index is -1.21. The summed E-state index contributed by atoms with van der Waals surface area (Å²) >= 11 is 0. The van der Waals surface area contributed by atoms with E-state index in [1.165, 1.54) is 0 Å². The van der Waals surface area contributed by atoms with E-state index in [2.05, 4.69) is 5.43 Å². The first-order chi connectivity index (χ1) is 4.29. The predicted molar refractivity (Wildman–Crippen MR) is 30.0 cm³/mol. The lowest BCUT2D eigenvalue weighted by atomic mass is 10.4. The van der Waals surface area contributed by atoms with Crippen molar-refractivity contribution in [1.82, 2.24) is 10.4 Å². The lowest BCUT2D eigenvalue weighted by Crippen LogP contribution is -2.38. The van der Waals surface area contributed by atoms with Crippen LogP contribution >= 0.6 is 0 Å². The van der Waals surface area contributed by atoms with Crippen LogP contribution < -0.4 is 5.43 Å². The molecule has 1 aliphatic rings. The smallest absolute Gasteiger partial charge is 0.251 e. The van der Waals surface area contributed by atoms with Crippen LogP contribution in [0.2, 0.25) is 0 Å². The van der Waals surface area contributed by atoms with E-state index >= 15 is 0 Å². The lowest BCUT2D eigenvalue weighted by molar-refractivity contribution is 0.131. The molecule has 1 N–H and O–H groups in total. The van der Waals surface area contributed by atoms with Gasteiger partial charge in [-0.15, -0.1) is 0 Å². The number of hydrogen-bond acceptors (Lipinski definition) is 2. The van der Waals surface area contributed by atoms with Gasteiger partial charge in [-0.1, -0.05) is 0 Å². The van der Waals surface area contributed by atoms with Crippen molar-refractivity contribution in [3.05, 3.63) is 0 Å². The Morgan fingerprint density at radius 1 is 1.33 bits per heavy atom. The Morgan fingerprint density at radius 2 is 1.89 bits per heavy atom. The van der Waals surface area contributed by atoms with E-state index in [1.54, 1.807) is 5.01 Å². The highest BCUT2D eigenvalue weighted by Crippen LogP contribution is 2.02. The molecule has 1 aliphatic heterocycles. The molecule has 1 saturated heterocycles. The van der Waals surface area contributed by atoms with Crippen molar-refractivity contribution in [3.63, 3.8) is 0 Å². The summed E-state index contributed by atoms with van der Waals surface area (Å²) in [5.41, 5.74) is 2.18. The summed E-state index contributed by atoms with van der Waals surface area (Å²) in [4.78, 5) is 9.89. The average molecular weight is 129 g/mol. The maximum Gasteiger partial charge on any atom is 0.464 e. The van der Waals surface area contributed by atoms with Crippen LogP contribution in [0.3, 0.4) is 0 Å². The number of nitrogens with zero attached hydrogens (tertiary/aromatic N) is 1. The number of hydrazine groups is 1. The van der Waals surface area contributed by atoms with E-state index in [9.17, 15) is 9.90 Å². The highest BCUT2D eigenvalue weighted by molar-refractivity contribution is 5.63. The van der Waals surface area contributed by atoms with E-state index in [0.29, 0.717) is 0 Å². The summed E-state index contributed by atoms with van der Waals surface area (Å²) in [5, 5.41) is 11.5. The average Bonchev–Trinajstić information content (AvgIpc) is 2.15. The molecule has 0 aromatic carbocycles. The van der Waals surface area contributed by atoms with Gasteiger partial charge in [-0.3, -0.25) is 5.43 Å². The lowest BCUT2D eigenvalue weighted by Gasteiger charge is -2.10. The maximum absolute atomic E-state index is 9.89. The van der Waals surface area contributed by atoms with Gasteiger partial charge in [-0.05, 0) is 12.8 Å². The van der Waals surface area contributed by atoms with E-state index in [4.69, 9.17) is 0 Å². The minimum absolute atomic E-state index is 0.813. The van der Waals surface area contributed by atoms with Crippen molar-refractivity contribution in [2.24, 2.45) is 0 Å². The molecule has 4 heteroatoms. The Bertz CT molecular complexity index is 110. The first-order valence-corrected chi connectivity index (χ1v) is 3.01. The molecule has 0 spiro atoms. The molecule has 1 amide bonds. The zero-order chi connectivity index (χ0) is 6.69. The van der Waals surface area contributed by atoms with Crippen molar-refractivity contribution in [2.75, 3.05) is 13.1 Å². The fourth-order valence-corrected chi connectivity index (χ4v) is 0.958. The maximum atomic E-state index is 9.89. The van der Waals surface area contributed by atoms with Crippen LogP contribution in [0.1, 0.15) is 12.8 Å². The molecule has 9 heavy (non-hydrogen) atoms. The molecule has 0 saturated carbocycles. The minimum Gasteiger partial charge on any atom is -0.251 e. The van der Waals surface area contributed by atoms with Crippen molar-refractivity contribution in [3.8, 4) is 0 Å². The molecular formula is C5H9N2O2. The Hall–Kier alpha value is -0.770. The van der Waals surface area contributed by atoms with Crippen molar-refractivity contribution >= 4 is 6.09 Å². The fraction of sp³-hybridized carbons (Fsp3) is 0.800. The number of carbonyl (C=O) groups excluding carboxylic acids is 1. The van der Waals surface area contributed by atoms with Gasteiger partial charge in [0.25, 0.3) is 0 Å². The summed E-state index contributed by atoms with van der Waals surface area (Å²) in [6, 6.07) is 0. The number of amides is 1. The molecule has 1 heterocycles. The SMILES string of the molecule is [O]C(=O)NN1CCCC1. The van der Waals surface area contributed by atoms with Gasteiger partial charge >= 0.3 is 6.09 Å². The normalized spacial score (nSPS) is 20.0. The molecule has 0 unspecified atom stereocenters. The Balaban J connectivity index is 2.19. The third kappa shape index (κ3) is 1.89. The second kappa shape index (κ2) is 2.68. The third-order valence-corrected chi connectivity index (χ3v) is 1.36. The highest BCUT2D eigenvalue weighted by atomic mass is 16.4. The summed E-state index contributed by atoms with van der Waals surface area (Å²) in [6.07, 6.45) is 0.928. The van der Waals surface area contributed by atoms with E-state index in [1.807, 2.05) is 0 Å². The topological polar surface area (TPSA) is 52.2 Å². The first kappa shape index (κ1) is 6.35. The molecular weight excluding hydrogens is 120 g/mol. The molecule has 0 aliphatic carbocycles. The molecule has 1 rings (SSSR count). The summed E-state index contributed by atoms with van der Waals surface area (Å²) in [6.45, 7) is 1.63. The number of carbonyl (C=O) groups is 1. The molecule has 0 bridgehead atoms. The summed E-state index contributed by atoms with van der Waals surface area (Å²) in [5.74, 6) is 0. The van der Waals surface area contributed by atoms with Gasteiger partial charge in [0.2, 0.25) is 0 Å². The van der Waals surface area contributed by atoms with E-state index in [0.717, 1.165) is 25.9 Å². The monoisotopic (exact) mass is 129 g/mol. The second-order valence-corrected chi connectivity index (χ2v) is 2.09. The molecule has 1 fully saturated rings. The molecule has 1 radical (unpaired) electrons. The molecule has 0 aromatic heterocycles. The van der Waals surface area contributed by atoms with Crippen LogP contribution in [0, 0.1) is 0 Å². The van der Waals surface area contributed by atoms with Crippen LogP contribution in [0.5, 0.6) is 0 Å². The molecule has 4 nitrogen and oxygen atoms in total. The molecule has 51 valence electrons. The largest absolute Gasteiger partial charge is 0.464 e. The highest BCUT2D eigenvalue weighted by Gasteiger charge is 2.12. The zero-order valence-corrected chi connectivity index (χ0v) is 5.09. The Labute approximate surface area is 53.4 Å². The van der Waals surface area contributed by atoms with Crippen molar-refractivity contribution < 1.29 is 9.90 Å². The summed E-state index contributed by atoms with van der Waals surface area (Å²) < 4.78 is 0. The molecule has 0 atom stereocenters. The van der Waals surface area contributed by atoms with E-state index in [-0.39, 0.29) is 0 Å². The number of nitrogens with one attached hydrogen (secondary N) is 1. The van der Waals surface area contributed by atoms with Gasteiger partial charge in [0, 0.05) is 13.1 Å². The summed E-state index contributed by atoms with van der Waals surface area (Å²) in [7, 11) is 0. The first-order valence-electron chi connectivity index (χ1n) is 3.01. The van der Waals surface area contributed by atoms with Gasteiger partial charge in [0.05, 0.1) is 0 Å². The third-order valence-electron chi connectivity index (χ3n) is 1.36. The molecule has 0 aromatic rings. The quantitative estimate of drug-likeness (QED) is 0.547. The van der Waals surface area contributed by atoms with Crippen LogP contribution in [-0.4, -0.2) is 24.2 Å². The zero-order valence-electron chi connectivity index (χ0n) is 5.09. The van der Waals surface area contributed by atoms with Crippen molar-refractivity contribution in [2.45, 2.75) is 12.8 Å². The van der Waals surface area contributed by atoms with Crippen LogP contribution in [0.25, 0.3) is 0 Å².